The maximum Gasteiger partial charge on any atom is 0.355 e. The second kappa shape index (κ2) is 9.54. The first-order chi connectivity index (χ1) is 15.1. The summed E-state index contributed by atoms with van der Waals surface area (Å²) in [6.07, 6.45) is 4.92. The smallest absolute Gasteiger partial charge is 0.355 e. The van der Waals surface area contributed by atoms with Crippen LogP contribution in [0.2, 0.25) is 10.0 Å². The fourth-order valence-corrected chi connectivity index (χ4v) is 4.13. The number of esters is 1. The quantitative estimate of drug-likeness (QED) is 0.306. The molecule has 2 heterocycles. The van der Waals surface area contributed by atoms with Gasteiger partial charge in [-0.05, 0) is 66.4 Å². The highest BCUT2D eigenvalue weighted by atomic mass is 35.5. The van der Waals surface area contributed by atoms with Crippen LogP contribution in [0.1, 0.15) is 34.1 Å². The minimum atomic E-state index is -0.329. The highest BCUT2D eigenvalue weighted by molar-refractivity contribution is 6.31. The SMILES string of the molecule is CCOC(=O)c1c(Cc2ccc(Cl)cc2)c2cc(Cl)ccc2n1CCc1cccnc1. The van der Waals surface area contributed by atoms with Gasteiger partial charge in [0.15, 0.2) is 0 Å². The topological polar surface area (TPSA) is 44.1 Å². The van der Waals surface area contributed by atoms with Crippen LogP contribution < -0.4 is 0 Å². The summed E-state index contributed by atoms with van der Waals surface area (Å²) in [5, 5.41) is 2.26. The lowest BCUT2D eigenvalue weighted by Gasteiger charge is -2.12. The molecule has 0 amide bonds. The summed E-state index contributed by atoms with van der Waals surface area (Å²) in [4.78, 5) is 17.3. The van der Waals surface area contributed by atoms with Crippen molar-refractivity contribution in [3.05, 3.63) is 99.4 Å². The molecular formula is C25H22Cl2N2O2. The number of pyridine rings is 1. The van der Waals surface area contributed by atoms with Crippen molar-refractivity contribution >= 4 is 40.1 Å². The Hall–Kier alpha value is -2.82. The fourth-order valence-electron chi connectivity index (χ4n) is 3.83. The molecule has 0 saturated carbocycles. The minimum Gasteiger partial charge on any atom is -0.461 e. The third kappa shape index (κ3) is 4.76. The first-order valence-corrected chi connectivity index (χ1v) is 10.9. The summed E-state index contributed by atoms with van der Waals surface area (Å²) >= 11 is 12.4. The molecule has 6 heteroatoms. The number of rotatable bonds is 7. The summed E-state index contributed by atoms with van der Waals surface area (Å²) in [6, 6.07) is 17.4. The van der Waals surface area contributed by atoms with Crippen LogP contribution in [0.25, 0.3) is 10.9 Å². The maximum atomic E-state index is 13.1. The van der Waals surface area contributed by atoms with E-state index in [2.05, 4.69) is 4.98 Å². The molecule has 0 aliphatic heterocycles. The molecule has 0 N–H and O–H groups in total. The van der Waals surface area contributed by atoms with Crippen molar-refractivity contribution in [2.24, 2.45) is 0 Å². The molecule has 4 nitrogen and oxygen atoms in total. The predicted octanol–water partition coefficient (Wildman–Crippen LogP) is 6.35. The second-order valence-corrected chi connectivity index (χ2v) is 8.15. The lowest BCUT2D eigenvalue weighted by atomic mass is 10.0. The van der Waals surface area contributed by atoms with Gasteiger partial charge in [-0.1, -0.05) is 41.4 Å². The number of benzene rings is 2. The summed E-state index contributed by atoms with van der Waals surface area (Å²) in [5.41, 5.74) is 4.59. The lowest BCUT2D eigenvalue weighted by molar-refractivity contribution is 0.0513. The molecule has 0 aliphatic carbocycles. The number of hydrogen-bond donors (Lipinski definition) is 0. The van der Waals surface area contributed by atoms with Crippen molar-refractivity contribution in [1.82, 2.24) is 9.55 Å². The Balaban J connectivity index is 1.84. The average Bonchev–Trinajstić information content (AvgIpc) is 3.07. The molecule has 158 valence electrons. The highest BCUT2D eigenvalue weighted by Crippen LogP contribution is 2.32. The Morgan fingerprint density at radius 3 is 2.52 bits per heavy atom. The van der Waals surface area contributed by atoms with Gasteiger partial charge in [0.05, 0.1) is 6.61 Å². The number of carbonyl (C=O) groups is 1. The number of carbonyl (C=O) groups excluding carboxylic acids is 1. The van der Waals surface area contributed by atoms with Gasteiger partial charge < -0.3 is 9.30 Å². The molecule has 0 spiro atoms. The van der Waals surface area contributed by atoms with Gasteiger partial charge in [0.25, 0.3) is 0 Å². The molecule has 2 aromatic heterocycles. The Labute approximate surface area is 191 Å². The molecule has 0 aliphatic rings. The molecule has 0 unspecified atom stereocenters. The number of nitrogens with zero attached hydrogens (tertiary/aromatic N) is 2. The molecule has 4 rings (SSSR count). The fraction of sp³-hybridized carbons (Fsp3) is 0.200. The van der Waals surface area contributed by atoms with Crippen LogP contribution in [0.4, 0.5) is 0 Å². The first kappa shape index (κ1) is 21.4. The molecule has 0 fully saturated rings. The van der Waals surface area contributed by atoms with E-state index in [0.717, 1.165) is 34.0 Å². The van der Waals surface area contributed by atoms with Crippen molar-refractivity contribution in [2.75, 3.05) is 6.61 Å². The Morgan fingerprint density at radius 2 is 1.81 bits per heavy atom. The number of hydrogen-bond acceptors (Lipinski definition) is 3. The van der Waals surface area contributed by atoms with E-state index in [0.29, 0.717) is 35.3 Å². The van der Waals surface area contributed by atoms with Crippen LogP contribution in [0.3, 0.4) is 0 Å². The highest BCUT2D eigenvalue weighted by Gasteiger charge is 2.24. The molecule has 31 heavy (non-hydrogen) atoms. The zero-order valence-corrected chi connectivity index (χ0v) is 18.7. The van der Waals surface area contributed by atoms with Gasteiger partial charge in [-0.3, -0.25) is 4.98 Å². The van der Waals surface area contributed by atoms with Crippen molar-refractivity contribution in [3.63, 3.8) is 0 Å². The van der Waals surface area contributed by atoms with Crippen LogP contribution in [-0.2, 0) is 24.1 Å². The summed E-state index contributed by atoms with van der Waals surface area (Å²) in [6.45, 7) is 2.75. The Kier molecular flexibility index (Phi) is 6.59. The zero-order valence-electron chi connectivity index (χ0n) is 17.1. The zero-order chi connectivity index (χ0) is 21.8. The van der Waals surface area contributed by atoms with E-state index < -0.39 is 0 Å². The first-order valence-electron chi connectivity index (χ1n) is 10.2. The van der Waals surface area contributed by atoms with Crippen LogP contribution in [-0.4, -0.2) is 22.1 Å². The Morgan fingerprint density at radius 1 is 1.03 bits per heavy atom. The second-order valence-electron chi connectivity index (χ2n) is 7.28. The van der Waals surface area contributed by atoms with E-state index in [1.54, 1.807) is 6.20 Å². The molecule has 0 saturated heterocycles. The van der Waals surface area contributed by atoms with Crippen LogP contribution in [0.5, 0.6) is 0 Å². The number of halogens is 2. The van der Waals surface area contributed by atoms with Gasteiger partial charge in [-0.2, -0.15) is 0 Å². The van der Waals surface area contributed by atoms with Gasteiger partial charge in [0.1, 0.15) is 5.69 Å². The van der Waals surface area contributed by atoms with Crippen LogP contribution in [0.15, 0.2) is 67.0 Å². The monoisotopic (exact) mass is 452 g/mol. The van der Waals surface area contributed by atoms with Crippen LogP contribution in [0, 0.1) is 0 Å². The van der Waals surface area contributed by atoms with Gasteiger partial charge >= 0.3 is 5.97 Å². The van der Waals surface area contributed by atoms with E-state index >= 15 is 0 Å². The minimum absolute atomic E-state index is 0.310. The average molecular weight is 453 g/mol. The largest absolute Gasteiger partial charge is 0.461 e. The van der Waals surface area contributed by atoms with Gasteiger partial charge in [0, 0.05) is 46.3 Å². The van der Waals surface area contributed by atoms with E-state index in [9.17, 15) is 4.79 Å². The summed E-state index contributed by atoms with van der Waals surface area (Å²) in [5.74, 6) is -0.329. The predicted molar refractivity (Wildman–Crippen MR) is 125 cm³/mol. The molecule has 2 aromatic carbocycles. The van der Waals surface area contributed by atoms with Gasteiger partial charge in [-0.25, -0.2) is 4.79 Å². The number of aryl methyl sites for hydroxylation is 2. The third-order valence-electron chi connectivity index (χ3n) is 5.24. The van der Waals surface area contributed by atoms with E-state index in [4.69, 9.17) is 27.9 Å². The number of ether oxygens (including phenoxy) is 1. The molecule has 0 bridgehead atoms. The van der Waals surface area contributed by atoms with Gasteiger partial charge in [-0.15, -0.1) is 0 Å². The summed E-state index contributed by atoms with van der Waals surface area (Å²) < 4.78 is 7.50. The standard InChI is InChI=1S/C25H22Cl2N2O2/c1-2-31-25(30)24-22(14-17-5-7-19(26)8-6-17)21-15-20(27)9-10-23(21)29(24)13-11-18-4-3-12-28-16-18/h3-10,12,15-16H,2,11,13-14H2,1H3. The van der Waals surface area contributed by atoms with Crippen molar-refractivity contribution in [2.45, 2.75) is 26.3 Å². The van der Waals surface area contributed by atoms with Gasteiger partial charge in [0.2, 0.25) is 0 Å². The molecule has 4 aromatic rings. The van der Waals surface area contributed by atoms with E-state index in [1.807, 2.05) is 72.3 Å². The third-order valence-corrected chi connectivity index (χ3v) is 5.73. The Bertz CT molecular complexity index is 1200. The lowest BCUT2D eigenvalue weighted by Crippen LogP contribution is -2.15. The molecule has 0 radical (unpaired) electrons. The van der Waals surface area contributed by atoms with Crippen LogP contribution >= 0.6 is 23.2 Å². The molecule has 0 atom stereocenters. The molecular weight excluding hydrogens is 431 g/mol. The number of aromatic nitrogens is 2. The van der Waals surface area contributed by atoms with Crippen molar-refractivity contribution in [3.8, 4) is 0 Å². The maximum absolute atomic E-state index is 13.1. The summed E-state index contributed by atoms with van der Waals surface area (Å²) in [7, 11) is 0. The van der Waals surface area contributed by atoms with E-state index in [-0.39, 0.29) is 5.97 Å². The van der Waals surface area contributed by atoms with E-state index in [1.165, 1.54) is 0 Å². The normalized spacial score (nSPS) is 11.1. The van der Waals surface area contributed by atoms with Crippen molar-refractivity contribution < 1.29 is 9.53 Å². The number of fused-ring (bicyclic) bond motifs is 1. The van der Waals surface area contributed by atoms with Crippen molar-refractivity contribution in [1.29, 1.82) is 0 Å².